The van der Waals surface area contributed by atoms with Crippen molar-refractivity contribution < 1.29 is 9.47 Å². The molecule has 0 amide bonds. The highest BCUT2D eigenvalue weighted by Crippen LogP contribution is 2.25. The molecule has 2 nitrogen and oxygen atoms in total. The summed E-state index contributed by atoms with van der Waals surface area (Å²) in [6, 6.07) is 0. The molecule has 0 aliphatic carbocycles. The largest absolute Gasteiger partial charge is 0.376 e. The van der Waals surface area contributed by atoms with Gasteiger partial charge in [-0.15, -0.1) is 0 Å². The number of rotatable bonds is 4. The third kappa shape index (κ3) is 4.07. The summed E-state index contributed by atoms with van der Waals surface area (Å²) in [5.74, 6) is 0. The molecule has 0 aromatic rings. The summed E-state index contributed by atoms with van der Waals surface area (Å²) in [4.78, 5) is 0. The van der Waals surface area contributed by atoms with E-state index in [9.17, 15) is 0 Å². The Kier molecular flexibility index (Phi) is 3.13. The van der Waals surface area contributed by atoms with Gasteiger partial charge in [-0.25, -0.2) is 0 Å². The Hall–Kier alpha value is -0.0800. The molecule has 1 aliphatic heterocycles. The molecule has 72 valence electrons. The molecule has 1 saturated heterocycles. The molecule has 12 heavy (non-hydrogen) atoms. The molecule has 0 aromatic carbocycles. The van der Waals surface area contributed by atoms with Gasteiger partial charge in [0.2, 0.25) is 0 Å². The second kappa shape index (κ2) is 3.75. The Morgan fingerprint density at radius 3 is 2.33 bits per heavy atom. The Morgan fingerprint density at radius 1 is 1.33 bits per heavy atom. The Balaban J connectivity index is 1.90. The van der Waals surface area contributed by atoms with Gasteiger partial charge in [-0.1, -0.05) is 0 Å². The topological polar surface area (TPSA) is 21.8 Å². The fourth-order valence-corrected chi connectivity index (χ4v) is 1.20. The summed E-state index contributed by atoms with van der Waals surface area (Å²) in [6.45, 7) is 9.24. The van der Waals surface area contributed by atoms with E-state index >= 15 is 0 Å². The monoisotopic (exact) mass is 172 g/mol. The summed E-state index contributed by atoms with van der Waals surface area (Å²) < 4.78 is 10.9. The van der Waals surface area contributed by atoms with Gasteiger partial charge in [-0.05, 0) is 40.5 Å². The van der Waals surface area contributed by atoms with E-state index in [1.54, 1.807) is 0 Å². The molecule has 2 unspecified atom stereocenters. The summed E-state index contributed by atoms with van der Waals surface area (Å²) in [6.07, 6.45) is 3.29. The first-order valence-electron chi connectivity index (χ1n) is 4.78. The van der Waals surface area contributed by atoms with Gasteiger partial charge in [0.15, 0.2) is 0 Å². The van der Waals surface area contributed by atoms with Crippen molar-refractivity contribution in [1.29, 1.82) is 0 Å². The summed E-state index contributed by atoms with van der Waals surface area (Å²) >= 11 is 0. The molecule has 2 heteroatoms. The molecule has 1 heterocycles. The third-order valence-electron chi connectivity index (χ3n) is 2.00. The van der Waals surface area contributed by atoms with E-state index in [4.69, 9.17) is 9.47 Å². The van der Waals surface area contributed by atoms with Crippen LogP contribution in [0.25, 0.3) is 0 Å². The molecule has 1 fully saturated rings. The first-order valence-corrected chi connectivity index (χ1v) is 4.78. The van der Waals surface area contributed by atoms with Crippen molar-refractivity contribution in [1.82, 2.24) is 0 Å². The second-order valence-electron chi connectivity index (χ2n) is 4.48. The van der Waals surface area contributed by atoms with E-state index in [0.29, 0.717) is 12.2 Å². The molecular weight excluding hydrogens is 152 g/mol. The predicted octanol–water partition coefficient (Wildman–Crippen LogP) is 2.37. The molecule has 0 bridgehead atoms. The van der Waals surface area contributed by atoms with E-state index in [0.717, 1.165) is 19.4 Å². The van der Waals surface area contributed by atoms with Crippen LogP contribution < -0.4 is 0 Å². The van der Waals surface area contributed by atoms with Gasteiger partial charge in [0.05, 0.1) is 17.8 Å². The van der Waals surface area contributed by atoms with Crippen molar-refractivity contribution in [2.24, 2.45) is 0 Å². The lowest BCUT2D eigenvalue weighted by Crippen LogP contribution is -2.19. The minimum Gasteiger partial charge on any atom is -0.376 e. The van der Waals surface area contributed by atoms with E-state index < -0.39 is 0 Å². The van der Waals surface area contributed by atoms with Crippen LogP contribution in [0.5, 0.6) is 0 Å². The maximum absolute atomic E-state index is 5.59. The lowest BCUT2D eigenvalue weighted by atomic mass is 10.2. The second-order valence-corrected chi connectivity index (χ2v) is 4.48. The van der Waals surface area contributed by atoms with Crippen molar-refractivity contribution >= 4 is 0 Å². The number of hydrogen-bond donors (Lipinski definition) is 0. The minimum atomic E-state index is 0.00994. The average Bonchev–Trinajstić information content (AvgIpc) is 2.57. The van der Waals surface area contributed by atoms with Crippen molar-refractivity contribution in [3.05, 3.63) is 0 Å². The number of ether oxygens (including phenoxy) is 2. The summed E-state index contributed by atoms with van der Waals surface area (Å²) in [5.41, 5.74) is 0.00994. The first-order chi connectivity index (χ1) is 5.49. The summed E-state index contributed by atoms with van der Waals surface area (Å²) in [5, 5.41) is 0. The third-order valence-corrected chi connectivity index (χ3v) is 2.00. The maximum atomic E-state index is 5.59. The molecule has 1 aliphatic rings. The zero-order valence-electron chi connectivity index (χ0n) is 8.59. The van der Waals surface area contributed by atoms with Crippen LogP contribution in [-0.2, 0) is 9.47 Å². The van der Waals surface area contributed by atoms with Gasteiger partial charge in [-0.2, -0.15) is 0 Å². The molecule has 2 atom stereocenters. The standard InChI is InChI=1S/C10H20O2/c1-8-9(12-8)6-5-7-11-10(2,3)4/h8-9H,5-7H2,1-4H3. The van der Waals surface area contributed by atoms with Gasteiger partial charge in [0.1, 0.15) is 0 Å². The lowest BCUT2D eigenvalue weighted by Gasteiger charge is -2.19. The molecule has 1 rings (SSSR count). The molecule has 0 aromatic heterocycles. The van der Waals surface area contributed by atoms with Crippen LogP contribution in [0.1, 0.15) is 40.5 Å². The van der Waals surface area contributed by atoms with Gasteiger partial charge < -0.3 is 9.47 Å². The molecular formula is C10H20O2. The van der Waals surface area contributed by atoms with Gasteiger partial charge in [-0.3, -0.25) is 0 Å². The summed E-state index contributed by atoms with van der Waals surface area (Å²) in [7, 11) is 0. The van der Waals surface area contributed by atoms with E-state index in [2.05, 4.69) is 27.7 Å². The highest BCUT2D eigenvalue weighted by molar-refractivity contribution is 4.79. The van der Waals surface area contributed by atoms with Crippen LogP contribution in [0.15, 0.2) is 0 Å². The van der Waals surface area contributed by atoms with Crippen molar-refractivity contribution in [2.75, 3.05) is 6.61 Å². The Labute approximate surface area is 75.2 Å². The van der Waals surface area contributed by atoms with Crippen LogP contribution >= 0.6 is 0 Å². The normalized spacial score (nSPS) is 29.0. The molecule has 0 spiro atoms. The van der Waals surface area contributed by atoms with Crippen LogP contribution in [0, 0.1) is 0 Å². The number of epoxide rings is 1. The molecule has 0 saturated carbocycles. The Morgan fingerprint density at radius 2 is 1.92 bits per heavy atom. The Bertz CT molecular complexity index is 137. The first kappa shape index (κ1) is 10.0. The fourth-order valence-electron chi connectivity index (χ4n) is 1.20. The lowest BCUT2D eigenvalue weighted by molar-refractivity contribution is -0.00513. The zero-order valence-corrected chi connectivity index (χ0v) is 8.59. The van der Waals surface area contributed by atoms with Crippen LogP contribution in [0.4, 0.5) is 0 Å². The highest BCUT2D eigenvalue weighted by Gasteiger charge is 2.33. The van der Waals surface area contributed by atoms with Crippen molar-refractivity contribution in [3.63, 3.8) is 0 Å². The van der Waals surface area contributed by atoms with E-state index in [1.807, 2.05) is 0 Å². The SMILES string of the molecule is CC1OC1CCCOC(C)(C)C. The smallest absolute Gasteiger partial charge is 0.0839 e. The van der Waals surface area contributed by atoms with Gasteiger partial charge in [0, 0.05) is 6.61 Å². The van der Waals surface area contributed by atoms with Gasteiger partial charge in [0.25, 0.3) is 0 Å². The van der Waals surface area contributed by atoms with Crippen LogP contribution in [0.3, 0.4) is 0 Å². The quantitative estimate of drug-likeness (QED) is 0.479. The zero-order chi connectivity index (χ0) is 9.19. The average molecular weight is 172 g/mol. The molecule has 0 radical (unpaired) electrons. The van der Waals surface area contributed by atoms with E-state index in [1.165, 1.54) is 0 Å². The van der Waals surface area contributed by atoms with Crippen molar-refractivity contribution in [2.45, 2.75) is 58.3 Å². The number of hydrogen-bond acceptors (Lipinski definition) is 2. The van der Waals surface area contributed by atoms with Crippen molar-refractivity contribution in [3.8, 4) is 0 Å². The maximum Gasteiger partial charge on any atom is 0.0839 e. The fraction of sp³-hybridized carbons (Fsp3) is 1.00. The predicted molar refractivity (Wildman–Crippen MR) is 49.3 cm³/mol. The van der Waals surface area contributed by atoms with Crippen LogP contribution in [-0.4, -0.2) is 24.4 Å². The van der Waals surface area contributed by atoms with Crippen LogP contribution in [0.2, 0.25) is 0 Å². The minimum absolute atomic E-state index is 0.00994. The highest BCUT2D eigenvalue weighted by atomic mass is 16.6. The van der Waals surface area contributed by atoms with E-state index in [-0.39, 0.29) is 5.60 Å². The molecule has 0 N–H and O–H groups in total. The van der Waals surface area contributed by atoms with Gasteiger partial charge >= 0.3 is 0 Å².